The third-order valence-corrected chi connectivity index (χ3v) is 4.73. The second-order valence-corrected chi connectivity index (χ2v) is 5.46. The molecule has 80 valence electrons. The standard InChI is InChI=1S/C8H5Br2NO3S/c1-13-5(12)3-14-7-4(2-11)15-8(10)6(7)9/h3H2,1H3. The van der Waals surface area contributed by atoms with Crippen LogP contribution in [0.1, 0.15) is 4.88 Å². The van der Waals surface area contributed by atoms with Crippen LogP contribution < -0.4 is 4.74 Å². The number of thiophene rings is 1. The summed E-state index contributed by atoms with van der Waals surface area (Å²) in [5, 5.41) is 8.80. The summed E-state index contributed by atoms with van der Waals surface area (Å²) in [6, 6.07) is 1.98. The van der Waals surface area contributed by atoms with Crippen LogP contribution in [0, 0.1) is 11.3 Å². The van der Waals surface area contributed by atoms with Crippen LogP contribution in [0.4, 0.5) is 0 Å². The van der Waals surface area contributed by atoms with Crippen LogP contribution in [0.25, 0.3) is 0 Å². The lowest BCUT2D eigenvalue weighted by Crippen LogP contribution is -2.12. The van der Waals surface area contributed by atoms with E-state index < -0.39 is 5.97 Å². The van der Waals surface area contributed by atoms with Crippen molar-refractivity contribution in [2.45, 2.75) is 0 Å². The van der Waals surface area contributed by atoms with Crippen LogP contribution in [-0.4, -0.2) is 19.7 Å². The van der Waals surface area contributed by atoms with Crippen LogP contribution in [0.3, 0.4) is 0 Å². The number of ether oxygens (including phenoxy) is 2. The zero-order valence-electron chi connectivity index (χ0n) is 7.54. The van der Waals surface area contributed by atoms with E-state index in [0.717, 1.165) is 3.79 Å². The Morgan fingerprint density at radius 1 is 1.60 bits per heavy atom. The van der Waals surface area contributed by atoms with Crippen LogP contribution in [-0.2, 0) is 9.53 Å². The molecular weight excluding hydrogens is 350 g/mol. The summed E-state index contributed by atoms with van der Waals surface area (Å²) in [5.41, 5.74) is 0. The normalized spacial score (nSPS) is 9.47. The molecule has 0 bridgehead atoms. The van der Waals surface area contributed by atoms with Crippen molar-refractivity contribution in [3.63, 3.8) is 0 Å². The van der Waals surface area contributed by atoms with E-state index in [2.05, 4.69) is 36.6 Å². The predicted octanol–water partition coefficient (Wildman–Crippen LogP) is 2.70. The predicted molar refractivity (Wildman–Crippen MR) is 61.9 cm³/mol. The Balaban J connectivity index is 2.85. The first-order valence-electron chi connectivity index (χ1n) is 3.67. The summed E-state index contributed by atoms with van der Waals surface area (Å²) >= 11 is 7.74. The largest absolute Gasteiger partial charge is 0.478 e. The van der Waals surface area contributed by atoms with Gasteiger partial charge in [0.2, 0.25) is 0 Å². The van der Waals surface area contributed by atoms with Gasteiger partial charge in [-0.1, -0.05) is 0 Å². The van der Waals surface area contributed by atoms with Gasteiger partial charge in [0.25, 0.3) is 0 Å². The van der Waals surface area contributed by atoms with E-state index in [0.29, 0.717) is 15.1 Å². The van der Waals surface area contributed by atoms with Crippen molar-refractivity contribution in [3.8, 4) is 11.8 Å². The Morgan fingerprint density at radius 2 is 2.27 bits per heavy atom. The van der Waals surface area contributed by atoms with Gasteiger partial charge in [-0.05, 0) is 31.9 Å². The van der Waals surface area contributed by atoms with Gasteiger partial charge in [0.05, 0.1) is 15.4 Å². The highest BCUT2D eigenvalue weighted by atomic mass is 79.9. The summed E-state index contributed by atoms with van der Waals surface area (Å²) in [7, 11) is 1.27. The first-order valence-corrected chi connectivity index (χ1v) is 6.08. The Morgan fingerprint density at radius 3 is 2.80 bits per heavy atom. The highest BCUT2D eigenvalue weighted by molar-refractivity contribution is 9.13. The topological polar surface area (TPSA) is 59.3 Å². The van der Waals surface area contributed by atoms with Crippen LogP contribution in [0.15, 0.2) is 8.26 Å². The minimum absolute atomic E-state index is 0.215. The van der Waals surface area contributed by atoms with Crippen molar-refractivity contribution in [2.75, 3.05) is 13.7 Å². The maximum absolute atomic E-state index is 10.8. The molecule has 1 aromatic rings. The third kappa shape index (κ3) is 2.93. The molecule has 0 aliphatic rings. The molecule has 1 rings (SSSR count). The minimum Gasteiger partial charge on any atom is -0.478 e. The number of esters is 1. The fourth-order valence-corrected chi connectivity index (χ4v) is 2.78. The molecule has 0 aliphatic heterocycles. The number of carbonyl (C=O) groups is 1. The van der Waals surface area contributed by atoms with E-state index in [1.165, 1.54) is 18.4 Å². The summed E-state index contributed by atoms with van der Waals surface area (Å²) < 4.78 is 11.0. The molecule has 0 saturated carbocycles. The number of hydrogen-bond donors (Lipinski definition) is 0. The fraction of sp³-hybridized carbons (Fsp3) is 0.250. The van der Waals surface area contributed by atoms with E-state index in [1.54, 1.807) is 0 Å². The van der Waals surface area contributed by atoms with Gasteiger partial charge in [0.1, 0.15) is 10.9 Å². The van der Waals surface area contributed by atoms with Crippen LogP contribution in [0.2, 0.25) is 0 Å². The van der Waals surface area contributed by atoms with E-state index in [1.807, 2.05) is 6.07 Å². The molecule has 0 N–H and O–H groups in total. The van der Waals surface area contributed by atoms with Gasteiger partial charge >= 0.3 is 5.97 Å². The molecule has 4 nitrogen and oxygen atoms in total. The maximum atomic E-state index is 10.8. The molecular formula is C8H5Br2NO3S. The van der Waals surface area contributed by atoms with Gasteiger partial charge in [0, 0.05) is 0 Å². The molecule has 0 radical (unpaired) electrons. The van der Waals surface area contributed by atoms with Crippen molar-refractivity contribution in [1.29, 1.82) is 5.26 Å². The van der Waals surface area contributed by atoms with Crippen molar-refractivity contribution >= 4 is 49.2 Å². The quantitative estimate of drug-likeness (QED) is 0.783. The Labute approximate surface area is 107 Å². The number of rotatable bonds is 3. The van der Waals surface area contributed by atoms with E-state index in [9.17, 15) is 4.79 Å². The average molecular weight is 355 g/mol. The van der Waals surface area contributed by atoms with Crippen molar-refractivity contribution in [1.82, 2.24) is 0 Å². The second kappa shape index (κ2) is 5.49. The van der Waals surface area contributed by atoms with E-state index in [4.69, 9.17) is 10.00 Å². The highest BCUT2D eigenvalue weighted by Gasteiger charge is 2.17. The average Bonchev–Trinajstić information content (AvgIpc) is 2.52. The molecule has 0 amide bonds. The number of methoxy groups -OCH3 is 1. The molecule has 0 saturated heterocycles. The lowest BCUT2D eigenvalue weighted by molar-refractivity contribution is -0.142. The molecule has 7 heteroatoms. The smallest absolute Gasteiger partial charge is 0.343 e. The fourth-order valence-electron chi connectivity index (χ4n) is 0.762. The van der Waals surface area contributed by atoms with Gasteiger partial charge in [-0.3, -0.25) is 0 Å². The van der Waals surface area contributed by atoms with Gasteiger partial charge in [-0.25, -0.2) is 4.79 Å². The first-order chi connectivity index (χ1) is 7.10. The first kappa shape index (κ1) is 12.5. The number of hydrogen-bond acceptors (Lipinski definition) is 5. The van der Waals surface area contributed by atoms with E-state index in [-0.39, 0.29) is 6.61 Å². The minimum atomic E-state index is -0.492. The number of nitriles is 1. The van der Waals surface area contributed by atoms with Crippen molar-refractivity contribution < 1.29 is 14.3 Å². The Kier molecular flexibility index (Phi) is 4.57. The summed E-state index contributed by atoms with van der Waals surface area (Å²) in [6.45, 7) is -0.215. The zero-order chi connectivity index (χ0) is 11.4. The lowest BCUT2D eigenvalue weighted by Gasteiger charge is -2.03. The Bertz CT molecular complexity index is 424. The highest BCUT2D eigenvalue weighted by Crippen LogP contribution is 2.42. The van der Waals surface area contributed by atoms with Gasteiger partial charge in [-0.2, -0.15) is 5.26 Å². The molecule has 0 fully saturated rings. The second-order valence-electron chi connectivity index (χ2n) is 2.32. The Hall–Kier alpha value is -0.580. The van der Waals surface area contributed by atoms with Crippen LogP contribution >= 0.6 is 43.2 Å². The van der Waals surface area contributed by atoms with Crippen molar-refractivity contribution in [3.05, 3.63) is 13.1 Å². The van der Waals surface area contributed by atoms with Crippen molar-refractivity contribution in [2.24, 2.45) is 0 Å². The SMILES string of the molecule is COC(=O)COc1c(C#N)sc(Br)c1Br. The van der Waals surface area contributed by atoms with Gasteiger partial charge in [-0.15, -0.1) is 11.3 Å². The monoisotopic (exact) mass is 353 g/mol. The molecule has 1 aromatic heterocycles. The molecule has 15 heavy (non-hydrogen) atoms. The molecule has 0 aromatic carbocycles. The van der Waals surface area contributed by atoms with Gasteiger partial charge in [0.15, 0.2) is 12.4 Å². The molecule has 0 spiro atoms. The number of halogens is 2. The summed E-state index contributed by atoms with van der Waals surface area (Å²) in [4.78, 5) is 11.2. The molecule has 0 unspecified atom stereocenters. The third-order valence-electron chi connectivity index (χ3n) is 1.43. The molecule has 0 atom stereocenters. The van der Waals surface area contributed by atoms with E-state index >= 15 is 0 Å². The van der Waals surface area contributed by atoms with Crippen LogP contribution in [0.5, 0.6) is 5.75 Å². The summed E-state index contributed by atoms with van der Waals surface area (Å²) in [5.74, 6) is -0.132. The number of carbonyl (C=O) groups excluding carboxylic acids is 1. The molecule has 1 heterocycles. The van der Waals surface area contributed by atoms with Gasteiger partial charge < -0.3 is 9.47 Å². The lowest BCUT2D eigenvalue weighted by atomic mass is 10.4. The maximum Gasteiger partial charge on any atom is 0.343 e. The zero-order valence-corrected chi connectivity index (χ0v) is 11.5. The number of nitrogens with zero attached hydrogens (tertiary/aromatic N) is 1. The molecule has 0 aliphatic carbocycles. The summed E-state index contributed by atoms with van der Waals surface area (Å²) in [6.07, 6.45) is 0.